The first-order chi connectivity index (χ1) is 7.15. The van der Waals surface area contributed by atoms with Crippen molar-refractivity contribution in [3.05, 3.63) is 39.9 Å². The molecule has 1 N–H and O–H groups in total. The van der Waals surface area contributed by atoms with E-state index in [0.29, 0.717) is 12.8 Å². The molecule has 1 atom stereocenters. The summed E-state index contributed by atoms with van der Waals surface area (Å²) in [5, 5.41) is 18.8. The van der Waals surface area contributed by atoms with Crippen molar-refractivity contribution in [2.45, 2.75) is 18.2 Å². The van der Waals surface area contributed by atoms with Gasteiger partial charge in [0.05, 0.1) is 10.3 Å². The van der Waals surface area contributed by atoms with E-state index in [1.807, 2.05) is 0 Å². The second-order valence-electron chi connectivity index (χ2n) is 3.18. The van der Waals surface area contributed by atoms with Gasteiger partial charge in [0, 0.05) is 18.7 Å². The van der Waals surface area contributed by atoms with E-state index in [9.17, 15) is 10.1 Å². The van der Waals surface area contributed by atoms with Crippen LogP contribution in [0.2, 0.25) is 0 Å². The molecule has 1 aromatic rings. The van der Waals surface area contributed by atoms with E-state index in [2.05, 4.69) is 0 Å². The van der Waals surface area contributed by atoms with Gasteiger partial charge in [0.25, 0.3) is 5.69 Å². The van der Waals surface area contributed by atoms with E-state index < -0.39 is 4.92 Å². The Bertz CT molecular complexity index is 326. The van der Waals surface area contributed by atoms with E-state index in [-0.39, 0.29) is 17.7 Å². The predicted octanol–water partition coefficient (Wildman–Crippen LogP) is 2.65. The largest absolute Gasteiger partial charge is 0.396 e. The first-order valence-corrected chi connectivity index (χ1v) is 5.08. The molecule has 4 nitrogen and oxygen atoms in total. The Morgan fingerprint density at radius 3 is 2.47 bits per heavy atom. The summed E-state index contributed by atoms with van der Waals surface area (Å²) in [6.45, 7) is 0.107. The molecule has 5 heteroatoms. The number of alkyl halides is 1. The third kappa shape index (κ3) is 3.49. The van der Waals surface area contributed by atoms with Crippen LogP contribution < -0.4 is 0 Å². The lowest BCUT2D eigenvalue weighted by Crippen LogP contribution is -1.94. The molecule has 1 aromatic carbocycles. The summed E-state index contributed by atoms with van der Waals surface area (Å²) in [5.41, 5.74) is 0.903. The van der Waals surface area contributed by atoms with Gasteiger partial charge in [-0.25, -0.2) is 0 Å². The zero-order chi connectivity index (χ0) is 11.3. The lowest BCUT2D eigenvalue weighted by atomic mass is 10.1. The van der Waals surface area contributed by atoms with Crippen molar-refractivity contribution in [1.29, 1.82) is 0 Å². The minimum Gasteiger partial charge on any atom is -0.396 e. The van der Waals surface area contributed by atoms with Crippen molar-refractivity contribution in [3.63, 3.8) is 0 Å². The van der Waals surface area contributed by atoms with Crippen LogP contribution in [-0.4, -0.2) is 16.6 Å². The van der Waals surface area contributed by atoms with E-state index in [1.165, 1.54) is 12.1 Å². The van der Waals surface area contributed by atoms with Gasteiger partial charge >= 0.3 is 0 Å². The molecule has 1 unspecified atom stereocenters. The lowest BCUT2D eigenvalue weighted by Gasteiger charge is -2.07. The zero-order valence-corrected chi connectivity index (χ0v) is 8.85. The van der Waals surface area contributed by atoms with E-state index in [1.54, 1.807) is 12.1 Å². The van der Waals surface area contributed by atoms with Gasteiger partial charge in [-0.15, -0.1) is 11.6 Å². The van der Waals surface area contributed by atoms with Crippen LogP contribution in [0.3, 0.4) is 0 Å². The normalized spacial score (nSPS) is 12.4. The molecule has 15 heavy (non-hydrogen) atoms. The summed E-state index contributed by atoms with van der Waals surface area (Å²) in [6.07, 6.45) is 1.29. The number of nitro groups is 1. The fourth-order valence-corrected chi connectivity index (χ4v) is 1.54. The van der Waals surface area contributed by atoms with Crippen LogP contribution in [0.4, 0.5) is 5.69 Å². The molecule has 0 aliphatic rings. The maximum absolute atomic E-state index is 10.4. The quantitative estimate of drug-likeness (QED) is 0.480. The van der Waals surface area contributed by atoms with Gasteiger partial charge in [-0.1, -0.05) is 12.1 Å². The highest BCUT2D eigenvalue weighted by Gasteiger charge is 2.09. The lowest BCUT2D eigenvalue weighted by molar-refractivity contribution is -0.384. The number of aliphatic hydroxyl groups is 1. The van der Waals surface area contributed by atoms with Gasteiger partial charge in [0.1, 0.15) is 0 Å². The maximum Gasteiger partial charge on any atom is 0.269 e. The van der Waals surface area contributed by atoms with Gasteiger partial charge < -0.3 is 5.11 Å². The van der Waals surface area contributed by atoms with E-state index in [4.69, 9.17) is 16.7 Å². The average Bonchev–Trinajstić information content (AvgIpc) is 2.26. The van der Waals surface area contributed by atoms with E-state index >= 15 is 0 Å². The number of non-ortho nitro benzene ring substituents is 1. The van der Waals surface area contributed by atoms with Crippen LogP contribution in [0.25, 0.3) is 0 Å². The van der Waals surface area contributed by atoms with Crippen LogP contribution in [0.15, 0.2) is 24.3 Å². The van der Waals surface area contributed by atoms with Crippen LogP contribution in [0, 0.1) is 10.1 Å². The summed E-state index contributed by atoms with van der Waals surface area (Å²) in [6, 6.07) is 6.16. The molecule has 0 radical (unpaired) electrons. The molecule has 82 valence electrons. The minimum atomic E-state index is -0.444. The summed E-state index contributed by atoms with van der Waals surface area (Å²) >= 11 is 6.04. The highest BCUT2D eigenvalue weighted by molar-refractivity contribution is 6.20. The van der Waals surface area contributed by atoms with Crippen molar-refractivity contribution in [2.24, 2.45) is 0 Å². The first kappa shape index (κ1) is 11.9. The summed E-state index contributed by atoms with van der Waals surface area (Å²) in [7, 11) is 0. The van der Waals surface area contributed by atoms with Crippen LogP contribution in [0.5, 0.6) is 0 Å². The minimum absolute atomic E-state index is 0.0600. The number of nitro benzene ring substituents is 1. The first-order valence-electron chi connectivity index (χ1n) is 4.64. The maximum atomic E-state index is 10.4. The third-order valence-electron chi connectivity index (χ3n) is 2.08. The highest BCUT2D eigenvalue weighted by atomic mass is 35.5. The Balaban J connectivity index is 2.66. The summed E-state index contributed by atoms with van der Waals surface area (Å²) < 4.78 is 0. The Morgan fingerprint density at radius 2 is 2.00 bits per heavy atom. The number of hydrogen-bond donors (Lipinski definition) is 1. The molecule has 0 fully saturated rings. The molecular formula is C10H12ClNO3. The monoisotopic (exact) mass is 229 g/mol. The fourth-order valence-electron chi connectivity index (χ4n) is 1.24. The molecule has 0 aromatic heterocycles. The van der Waals surface area contributed by atoms with Crippen LogP contribution in [-0.2, 0) is 0 Å². The number of benzene rings is 1. The van der Waals surface area contributed by atoms with Gasteiger partial charge in [-0.3, -0.25) is 10.1 Å². The molecule has 0 heterocycles. The fraction of sp³-hybridized carbons (Fsp3) is 0.400. The zero-order valence-electron chi connectivity index (χ0n) is 8.10. The predicted molar refractivity (Wildman–Crippen MR) is 58.0 cm³/mol. The Labute approximate surface area is 92.6 Å². The number of aliphatic hydroxyl groups excluding tert-OH is 1. The summed E-state index contributed by atoms with van der Waals surface area (Å²) in [5.74, 6) is 0. The highest BCUT2D eigenvalue weighted by Crippen LogP contribution is 2.26. The van der Waals surface area contributed by atoms with Crippen molar-refractivity contribution in [2.75, 3.05) is 6.61 Å². The molecule has 0 saturated carbocycles. The molecule has 0 amide bonds. The molecule has 0 aliphatic heterocycles. The molecule has 0 saturated heterocycles. The topological polar surface area (TPSA) is 63.4 Å². The molecule has 1 rings (SSSR count). The molecular weight excluding hydrogens is 218 g/mol. The standard InChI is InChI=1S/C10H12ClNO3/c11-10(2-1-7-13)8-3-5-9(6-4-8)12(14)15/h3-6,10,13H,1-2,7H2. The van der Waals surface area contributed by atoms with E-state index in [0.717, 1.165) is 5.56 Å². The summed E-state index contributed by atoms with van der Waals surface area (Å²) in [4.78, 5) is 9.95. The van der Waals surface area contributed by atoms with Crippen molar-refractivity contribution >= 4 is 17.3 Å². The second-order valence-corrected chi connectivity index (χ2v) is 3.71. The molecule has 0 bridgehead atoms. The number of nitrogens with zero attached hydrogens (tertiary/aromatic N) is 1. The van der Waals surface area contributed by atoms with Crippen molar-refractivity contribution in [1.82, 2.24) is 0 Å². The number of rotatable bonds is 5. The van der Waals surface area contributed by atoms with Crippen LogP contribution in [0.1, 0.15) is 23.8 Å². The van der Waals surface area contributed by atoms with Gasteiger partial charge in [-0.05, 0) is 18.4 Å². The average molecular weight is 230 g/mol. The number of hydrogen-bond acceptors (Lipinski definition) is 3. The second kappa shape index (κ2) is 5.68. The smallest absolute Gasteiger partial charge is 0.269 e. The Hall–Kier alpha value is -1.13. The van der Waals surface area contributed by atoms with Crippen molar-refractivity contribution in [3.8, 4) is 0 Å². The Kier molecular flexibility index (Phi) is 4.52. The third-order valence-corrected chi connectivity index (χ3v) is 2.55. The molecule has 0 aliphatic carbocycles. The van der Waals surface area contributed by atoms with Gasteiger partial charge in [-0.2, -0.15) is 0 Å². The number of halogens is 1. The van der Waals surface area contributed by atoms with Gasteiger partial charge in [0.2, 0.25) is 0 Å². The SMILES string of the molecule is O=[N+]([O-])c1ccc(C(Cl)CCCO)cc1. The van der Waals surface area contributed by atoms with Gasteiger partial charge in [0.15, 0.2) is 0 Å². The van der Waals surface area contributed by atoms with Crippen LogP contribution >= 0.6 is 11.6 Å². The van der Waals surface area contributed by atoms with Crippen molar-refractivity contribution < 1.29 is 10.0 Å². The Morgan fingerprint density at radius 1 is 1.40 bits per heavy atom. The molecule has 0 spiro atoms.